The second-order valence-electron chi connectivity index (χ2n) is 6.51. The fraction of sp³-hybridized carbons (Fsp3) is 0.625. The highest BCUT2D eigenvalue weighted by Gasteiger charge is 2.34. The average molecular weight is 296 g/mol. The van der Waals surface area contributed by atoms with Gasteiger partial charge in [0.2, 0.25) is 0 Å². The van der Waals surface area contributed by atoms with Gasteiger partial charge in [-0.3, -0.25) is 0 Å². The molecular formula is C16H25FN2O2. The van der Waals surface area contributed by atoms with Crippen molar-refractivity contribution in [3.05, 3.63) is 29.1 Å². The fourth-order valence-electron chi connectivity index (χ4n) is 2.89. The lowest BCUT2D eigenvalue weighted by Crippen LogP contribution is -2.54. The van der Waals surface area contributed by atoms with E-state index in [2.05, 4.69) is 4.90 Å². The summed E-state index contributed by atoms with van der Waals surface area (Å²) < 4.78 is 19.7. The van der Waals surface area contributed by atoms with Crippen LogP contribution in [-0.4, -0.2) is 36.5 Å². The highest BCUT2D eigenvalue weighted by atomic mass is 19.1. The minimum atomic E-state index is -0.372. The highest BCUT2D eigenvalue weighted by molar-refractivity contribution is 5.57. The highest BCUT2D eigenvalue weighted by Crippen LogP contribution is 2.32. The number of benzene rings is 1. The van der Waals surface area contributed by atoms with E-state index in [1.807, 2.05) is 26.8 Å². The summed E-state index contributed by atoms with van der Waals surface area (Å²) in [5, 5.41) is 9.43. The van der Waals surface area contributed by atoms with Crippen molar-refractivity contribution in [1.82, 2.24) is 0 Å². The van der Waals surface area contributed by atoms with E-state index in [0.29, 0.717) is 18.7 Å². The van der Waals surface area contributed by atoms with Crippen LogP contribution < -0.4 is 10.6 Å². The van der Waals surface area contributed by atoms with Crippen LogP contribution in [0.1, 0.15) is 37.9 Å². The van der Waals surface area contributed by atoms with Crippen LogP contribution >= 0.6 is 0 Å². The molecule has 2 rings (SSSR count). The largest absolute Gasteiger partial charge is 0.394 e. The van der Waals surface area contributed by atoms with Crippen LogP contribution in [0.5, 0.6) is 0 Å². The van der Waals surface area contributed by atoms with Gasteiger partial charge in [-0.2, -0.15) is 0 Å². The van der Waals surface area contributed by atoms with Gasteiger partial charge in [0.1, 0.15) is 5.82 Å². The Balaban J connectivity index is 2.42. The smallest absolute Gasteiger partial charge is 0.126 e. The Labute approximate surface area is 125 Å². The van der Waals surface area contributed by atoms with E-state index < -0.39 is 0 Å². The molecule has 1 aromatic rings. The minimum Gasteiger partial charge on any atom is -0.394 e. The molecule has 0 bridgehead atoms. The molecular weight excluding hydrogens is 271 g/mol. The Morgan fingerprint density at radius 3 is 2.76 bits per heavy atom. The third kappa shape index (κ3) is 3.54. The first kappa shape index (κ1) is 16.2. The lowest BCUT2D eigenvalue weighted by atomic mass is 9.99. The average Bonchev–Trinajstić information content (AvgIpc) is 2.39. The number of hydrogen-bond donors (Lipinski definition) is 2. The predicted molar refractivity (Wildman–Crippen MR) is 82.0 cm³/mol. The van der Waals surface area contributed by atoms with Crippen LogP contribution in [-0.2, 0) is 4.74 Å². The molecule has 1 heterocycles. The predicted octanol–water partition coefficient (Wildman–Crippen LogP) is 2.13. The van der Waals surface area contributed by atoms with E-state index in [0.717, 1.165) is 11.3 Å². The summed E-state index contributed by atoms with van der Waals surface area (Å²) in [5.74, 6) is -0.239. The molecule has 118 valence electrons. The zero-order valence-corrected chi connectivity index (χ0v) is 13.2. The van der Waals surface area contributed by atoms with Gasteiger partial charge >= 0.3 is 0 Å². The van der Waals surface area contributed by atoms with Crippen molar-refractivity contribution in [2.45, 2.75) is 45.4 Å². The van der Waals surface area contributed by atoms with E-state index in [9.17, 15) is 9.50 Å². The van der Waals surface area contributed by atoms with E-state index in [4.69, 9.17) is 10.5 Å². The summed E-state index contributed by atoms with van der Waals surface area (Å²) in [7, 11) is 0. The Morgan fingerprint density at radius 1 is 1.52 bits per heavy atom. The summed E-state index contributed by atoms with van der Waals surface area (Å²) >= 11 is 0. The lowest BCUT2D eigenvalue weighted by molar-refractivity contribution is -0.101. The SMILES string of the molecule is Cc1cc(N2CC(CO)OC(C)(C)C2)c(C(C)N)cc1F. The summed E-state index contributed by atoms with van der Waals surface area (Å²) in [6.45, 7) is 8.79. The third-order valence-electron chi connectivity index (χ3n) is 3.82. The van der Waals surface area contributed by atoms with Gasteiger partial charge in [-0.05, 0) is 51.0 Å². The number of nitrogens with zero attached hydrogens (tertiary/aromatic N) is 1. The second kappa shape index (κ2) is 5.91. The van der Waals surface area contributed by atoms with Gasteiger partial charge in [-0.25, -0.2) is 4.39 Å². The second-order valence-corrected chi connectivity index (χ2v) is 6.51. The van der Waals surface area contributed by atoms with Crippen LogP contribution in [0.25, 0.3) is 0 Å². The maximum atomic E-state index is 13.8. The van der Waals surface area contributed by atoms with Gasteiger partial charge < -0.3 is 20.5 Å². The molecule has 21 heavy (non-hydrogen) atoms. The zero-order valence-electron chi connectivity index (χ0n) is 13.2. The van der Waals surface area contributed by atoms with Gasteiger partial charge in [0.05, 0.1) is 18.3 Å². The van der Waals surface area contributed by atoms with Gasteiger partial charge in [0, 0.05) is 24.8 Å². The normalized spacial score (nSPS) is 23.2. The molecule has 2 atom stereocenters. The number of morpholine rings is 1. The number of halogens is 1. The molecule has 0 saturated carbocycles. The van der Waals surface area contributed by atoms with Crippen LogP contribution in [0.3, 0.4) is 0 Å². The third-order valence-corrected chi connectivity index (χ3v) is 3.82. The molecule has 1 saturated heterocycles. The minimum absolute atomic E-state index is 0.0341. The first-order valence-electron chi connectivity index (χ1n) is 7.33. The first-order chi connectivity index (χ1) is 9.73. The standard InChI is InChI=1S/C16H25FN2O2/c1-10-5-15(13(11(2)18)6-14(10)17)19-7-12(8-20)21-16(3,4)9-19/h5-6,11-12,20H,7-9,18H2,1-4H3. The van der Waals surface area contributed by atoms with Crippen LogP contribution in [0.2, 0.25) is 0 Å². The Kier molecular flexibility index (Phi) is 4.56. The number of aliphatic hydroxyl groups is 1. The van der Waals surface area contributed by atoms with Crippen molar-refractivity contribution in [2.75, 3.05) is 24.6 Å². The number of ether oxygens (including phenoxy) is 1. The summed E-state index contributed by atoms with van der Waals surface area (Å²) in [6, 6.07) is 3.10. The van der Waals surface area contributed by atoms with Crippen LogP contribution in [0.15, 0.2) is 12.1 Å². The number of aliphatic hydroxyl groups excluding tert-OH is 1. The number of hydrogen-bond acceptors (Lipinski definition) is 4. The molecule has 3 N–H and O–H groups in total. The molecule has 1 fully saturated rings. The van der Waals surface area contributed by atoms with Crippen molar-refractivity contribution < 1.29 is 14.2 Å². The lowest BCUT2D eigenvalue weighted by Gasteiger charge is -2.44. The van der Waals surface area contributed by atoms with Gasteiger partial charge in [-0.1, -0.05) is 0 Å². The van der Waals surface area contributed by atoms with Crippen LogP contribution in [0.4, 0.5) is 10.1 Å². The maximum Gasteiger partial charge on any atom is 0.126 e. The van der Waals surface area contributed by atoms with E-state index in [1.165, 1.54) is 6.07 Å². The Bertz CT molecular complexity index is 517. The summed E-state index contributed by atoms with van der Waals surface area (Å²) in [6.07, 6.45) is -0.250. The van der Waals surface area contributed by atoms with Gasteiger partial charge in [0.15, 0.2) is 0 Å². The van der Waals surface area contributed by atoms with Crippen molar-refractivity contribution in [3.63, 3.8) is 0 Å². The van der Waals surface area contributed by atoms with Gasteiger partial charge in [-0.15, -0.1) is 0 Å². The van der Waals surface area contributed by atoms with E-state index in [1.54, 1.807) is 6.92 Å². The molecule has 1 aliphatic heterocycles. The van der Waals surface area contributed by atoms with E-state index in [-0.39, 0.29) is 30.2 Å². The van der Waals surface area contributed by atoms with Crippen molar-refractivity contribution >= 4 is 5.69 Å². The van der Waals surface area contributed by atoms with Crippen molar-refractivity contribution in [3.8, 4) is 0 Å². The maximum absolute atomic E-state index is 13.8. The van der Waals surface area contributed by atoms with Crippen molar-refractivity contribution in [2.24, 2.45) is 5.73 Å². The number of nitrogens with two attached hydrogens (primary N) is 1. The number of rotatable bonds is 3. The number of aryl methyl sites for hydroxylation is 1. The van der Waals surface area contributed by atoms with Crippen molar-refractivity contribution in [1.29, 1.82) is 0 Å². The topological polar surface area (TPSA) is 58.7 Å². The Morgan fingerprint density at radius 2 is 2.19 bits per heavy atom. The zero-order chi connectivity index (χ0) is 15.8. The Hall–Kier alpha value is -1.17. The molecule has 0 amide bonds. The summed E-state index contributed by atoms with van der Waals surface area (Å²) in [4.78, 5) is 2.13. The molecule has 4 nitrogen and oxygen atoms in total. The molecule has 0 aliphatic carbocycles. The first-order valence-corrected chi connectivity index (χ1v) is 7.33. The molecule has 0 spiro atoms. The van der Waals surface area contributed by atoms with E-state index >= 15 is 0 Å². The molecule has 0 radical (unpaired) electrons. The molecule has 1 aromatic carbocycles. The monoisotopic (exact) mass is 296 g/mol. The fourth-order valence-corrected chi connectivity index (χ4v) is 2.89. The van der Waals surface area contributed by atoms with Gasteiger partial charge in [0.25, 0.3) is 0 Å². The molecule has 5 heteroatoms. The number of anilines is 1. The molecule has 2 unspecified atom stereocenters. The summed E-state index contributed by atoms with van der Waals surface area (Å²) in [5.41, 5.74) is 7.94. The van der Waals surface area contributed by atoms with Crippen LogP contribution in [0, 0.1) is 12.7 Å². The molecule has 0 aromatic heterocycles. The quantitative estimate of drug-likeness (QED) is 0.897. The molecule has 1 aliphatic rings.